The fraction of sp³-hybridized carbons (Fsp3) is 0.350. The Bertz CT molecular complexity index is 723. The highest BCUT2D eigenvalue weighted by Crippen LogP contribution is 2.31. The Balaban J connectivity index is 1.76. The maximum Gasteiger partial charge on any atom is 0.226 e. The Kier molecular flexibility index (Phi) is 4.49. The fourth-order valence-electron chi connectivity index (χ4n) is 3.29. The van der Waals surface area contributed by atoms with Crippen LogP contribution in [0.1, 0.15) is 34.7 Å². The van der Waals surface area contributed by atoms with Crippen molar-refractivity contribution in [3.05, 3.63) is 64.7 Å². The van der Waals surface area contributed by atoms with Gasteiger partial charge in [-0.15, -0.1) is 0 Å². The summed E-state index contributed by atoms with van der Waals surface area (Å²) in [6.07, 6.45) is 1.54. The summed E-state index contributed by atoms with van der Waals surface area (Å²) in [5, 5.41) is 3.08. The molecule has 1 amide bonds. The van der Waals surface area contributed by atoms with E-state index >= 15 is 0 Å². The van der Waals surface area contributed by atoms with Gasteiger partial charge in [-0.3, -0.25) is 9.69 Å². The molecule has 1 heterocycles. The number of anilines is 1. The highest BCUT2D eigenvalue weighted by atomic mass is 16.1. The van der Waals surface area contributed by atoms with E-state index in [4.69, 9.17) is 0 Å². The molecule has 0 aromatic heterocycles. The minimum Gasteiger partial charge on any atom is -0.326 e. The summed E-state index contributed by atoms with van der Waals surface area (Å²) < 4.78 is 0. The molecule has 120 valence electrons. The SMILES string of the molecule is Cc1ccc(C)c(NC(=O)CC2c3ccccc3CCN2C)c1. The molecule has 2 aromatic rings. The molecule has 1 atom stereocenters. The first-order chi connectivity index (χ1) is 11.0. The third-order valence-electron chi connectivity index (χ3n) is 4.73. The molecule has 0 saturated carbocycles. The summed E-state index contributed by atoms with van der Waals surface area (Å²) in [4.78, 5) is 14.8. The summed E-state index contributed by atoms with van der Waals surface area (Å²) >= 11 is 0. The number of nitrogens with one attached hydrogen (secondary N) is 1. The van der Waals surface area contributed by atoms with Crippen molar-refractivity contribution < 1.29 is 4.79 Å². The Morgan fingerprint density at radius 2 is 2.00 bits per heavy atom. The van der Waals surface area contributed by atoms with Crippen LogP contribution in [0.5, 0.6) is 0 Å². The Labute approximate surface area is 138 Å². The highest BCUT2D eigenvalue weighted by molar-refractivity contribution is 5.92. The van der Waals surface area contributed by atoms with E-state index < -0.39 is 0 Å². The number of carbonyl (C=O) groups excluding carboxylic acids is 1. The van der Waals surface area contributed by atoms with Crippen molar-refractivity contribution in [1.29, 1.82) is 0 Å². The van der Waals surface area contributed by atoms with Gasteiger partial charge in [-0.05, 0) is 55.6 Å². The number of rotatable bonds is 3. The van der Waals surface area contributed by atoms with Crippen molar-refractivity contribution in [2.45, 2.75) is 32.7 Å². The molecule has 0 aliphatic carbocycles. The van der Waals surface area contributed by atoms with Gasteiger partial charge in [-0.2, -0.15) is 0 Å². The van der Waals surface area contributed by atoms with Crippen LogP contribution in [0.15, 0.2) is 42.5 Å². The minimum atomic E-state index is 0.0762. The van der Waals surface area contributed by atoms with Gasteiger partial charge >= 0.3 is 0 Å². The summed E-state index contributed by atoms with van der Waals surface area (Å²) in [6.45, 7) is 5.07. The number of hydrogen-bond acceptors (Lipinski definition) is 2. The molecule has 0 saturated heterocycles. The van der Waals surface area contributed by atoms with Crippen LogP contribution in [0.3, 0.4) is 0 Å². The van der Waals surface area contributed by atoms with Gasteiger partial charge in [-0.1, -0.05) is 36.4 Å². The van der Waals surface area contributed by atoms with E-state index in [1.807, 2.05) is 26.0 Å². The van der Waals surface area contributed by atoms with Crippen LogP contribution in [0.2, 0.25) is 0 Å². The molecule has 23 heavy (non-hydrogen) atoms. The second-order valence-electron chi connectivity index (χ2n) is 6.52. The first-order valence-corrected chi connectivity index (χ1v) is 8.20. The number of amides is 1. The summed E-state index contributed by atoms with van der Waals surface area (Å²) in [7, 11) is 2.10. The highest BCUT2D eigenvalue weighted by Gasteiger charge is 2.26. The van der Waals surface area contributed by atoms with E-state index in [9.17, 15) is 4.79 Å². The van der Waals surface area contributed by atoms with Crippen molar-refractivity contribution in [3.63, 3.8) is 0 Å². The molecular formula is C20H24N2O. The third kappa shape index (κ3) is 3.45. The monoisotopic (exact) mass is 308 g/mol. The lowest BCUT2D eigenvalue weighted by atomic mass is 9.91. The average molecular weight is 308 g/mol. The zero-order chi connectivity index (χ0) is 16.4. The molecular weight excluding hydrogens is 284 g/mol. The maximum absolute atomic E-state index is 12.6. The predicted molar refractivity (Wildman–Crippen MR) is 94.7 cm³/mol. The van der Waals surface area contributed by atoms with Gasteiger partial charge in [0, 0.05) is 24.7 Å². The summed E-state index contributed by atoms with van der Waals surface area (Å²) in [6, 6.07) is 14.8. The molecule has 1 unspecified atom stereocenters. The summed E-state index contributed by atoms with van der Waals surface area (Å²) in [5.74, 6) is 0.0762. The van der Waals surface area contributed by atoms with Gasteiger partial charge in [-0.25, -0.2) is 0 Å². The van der Waals surface area contributed by atoms with Crippen molar-refractivity contribution in [2.75, 3.05) is 18.9 Å². The molecule has 0 spiro atoms. The first-order valence-electron chi connectivity index (χ1n) is 8.20. The average Bonchev–Trinajstić information content (AvgIpc) is 2.54. The summed E-state index contributed by atoms with van der Waals surface area (Å²) in [5.41, 5.74) is 5.83. The van der Waals surface area contributed by atoms with E-state index in [1.54, 1.807) is 0 Å². The van der Waals surface area contributed by atoms with Crippen molar-refractivity contribution in [3.8, 4) is 0 Å². The van der Waals surface area contributed by atoms with Crippen LogP contribution in [-0.4, -0.2) is 24.4 Å². The largest absolute Gasteiger partial charge is 0.326 e. The number of aryl methyl sites for hydroxylation is 2. The standard InChI is InChI=1S/C20H24N2O/c1-14-8-9-15(2)18(12-14)21-20(23)13-19-17-7-5-4-6-16(17)10-11-22(19)3/h4-9,12,19H,10-11,13H2,1-3H3,(H,21,23). The van der Waals surface area contributed by atoms with Crippen LogP contribution in [0.4, 0.5) is 5.69 Å². The molecule has 3 rings (SSSR count). The molecule has 3 nitrogen and oxygen atoms in total. The van der Waals surface area contributed by atoms with Crippen LogP contribution < -0.4 is 5.32 Å². The van der Waals surface area contributed by atoms with Crippen molar-refractivity contribution in [2.24, 2.45) is 0 Å². The lowest BCUT2D eigenvalue weighted by Crippen LogP contribution is -2.34. The smallest absolute Gasteiger partial charge is 0.226 e. The van der Waals surface area contributed by atoms with E-state index in [0.717, 1.165) is 29.8 Å². The molecule has 1 N–H and O–H groups in total. The van der Waals surface area contributed by atoms with Crippen LogP contribution in [0, 0.1) is 13.8 Å². The molecule has 0 radical (unpaired) electrons. The van der Waals surface area contributed by atoms with Gasteiger partial charge in [0.15, 0.2) is 0 Å². The van der Waals surface area contributed by atoms with Crippen LogP contribution in [-0.2, 0) is 11.2 Å². The quantitative estimate of drug-likeness (QED) is 0.934. The number of fused-ring (bicyclic) bond motifs is 1. The topological polar surface area (TPSA) is 32.3 Å². The Hall–Kier alpha value is -2.13. The zero-order valence-corrected chi connectivity index (χ0v) is 14.1. The number of carbonyl (C=O) groups is 1. The number of nitrogens with zero attached hydrogens (tertiary/aromatic N) is 1. The maximum atomic E-state index is 12.6. The van der Waals surface area contributed by atoms with Crippen LogP contribution >= 0.6 is 0 Å². The van der Waals surface area contributed by atoms with E-state index in [2.05, 4.69) is 47.6 Å². The van der Waals surface area contributed by atoms with E-state index in [-0.39, 0.29) is 11.9 Å². The molecule has 0 fully saturated rings. The molecule has 1 aliphatic rings. The lowest BCUT2D eigenvalue weighted by molar-refractivity contribution is -0.117. The fourth-order valence-corrected chi connectivity index (χ4v) is 3.29. The molecule has 0 bridgehead atoms. The van der Waals surface area contributed by atoms with E-state index in [1.165, 1.54) is 11.1 Å². The van der Waals surface area contributed by atoms with Gasteiger partial charge < -0.3 is 5.32 Å². The first kappa shape index (κ1) is 15.8. The Morgan fingerprint density at radius 3 is 2.83 bits per heavy atom. The van der Waals surface area contributed by atoms with Crippen molar-refractivity contribution >= 4 is 11.6 Å². The van der Waals surface area contributed by atoms with Crippen molar-refractivity contribution in [1.82, 2.24) is 4.90 Å². The molecule has 1 aliphatic heterocycles. The minimum absolute atomic E-state index is 0.0762. The van der Waals surface area contributed by atoms with Crippen LogP contribution in [0.25, 0.3) is 0 Å². The van der Waals surface area contributed by atoms with Gasteiger partial charge in [0.25, 0.3) is 0 Å². The number of likely N-dealkylation sites (N-methyl/N-ethyl adjacent to an activating group) is 1. The second-order valence-corrected chi connectivity index (χ2v) is 6.52. The number of benzene rings is 2. The van der Waals surface area contributed by atoms with Gasteiger partial charge in [0.1, 0.15) is 0 Å². The normalized spacial score (nSPS) is 17.6. The second kappa shape index (κ2) is 6.55. The van der Waals surface area contributed by atoms with Gasteiger partial charge in [0.2, 0.25) is 5.91 Å². The third-order valence-corrected chi connectivity index (χ3v) is 4.73. The zero-order valence-electron chi connectivity index (χ0n) is 14.1. The van der Waals surface area contributed by atoms with Gasteiger partial charge in [0.05, 0.1) is 0 Å². The molecule has 3 heteroatoms. The Morgan fingerprint density at radius 1 is 1.22 bits per heavy atom. The number of hydrogen-bond donors (Lipinski definition) is 1. The lowest BCUT2D eigenvalue weighted by Gasteiger charge is -2.34. The predicted octanol–water partition coefficient (Wildman–Crippen LogP) is 3.86. The van der Waals surface area contributed by atoms with E-state index in [0.29, 0.717) is 6.42 Å². The molecule has 2 aromatic carbocycles.